The molecule has 1 aliphatic heterocycles. The minimum Gasteiger partial charge on any atom is -0.348 e. The minimum absolute atomic E-state index is 0.0368. The van der Waals surface area contributed by atoms with Crippen LogP contribution < -0.4 is 10.2 Å². The van der Waals surface area contributed by atoms with Crippen LogP contribution in [0.4, 0.5) is 0 Å². The molecule has 6 heteroatoms. The van der Waals surface area contributed by atoms with Crippen LogP contribution in [0.5, 0.6) is 0 Å². The summed E-state index contributed by atoms with van der Waals surface area (Å²) in [7, 11) is 4.07. The van der Waals surface area contributed by atoms with Crippen molar-refractivity contribution in [2.24, 2.45) is 0 Å². The molecule has 0 radical (unpaired) electrons. The fourth-order valence-electron chi connectivity index (χ4n) is 4.29. The zero-order valence-electron chi connectivity index (χ0n) is 18.8. The largest absolute Gasteiger partial charge is 0.348 e. The van der Waals surface area contributed by atoms with Crippen LogP contribution in [0.1, 0.15) is 37.9 Å². The molecule has 1 heterocycles. The smallest absolute Gasteiger partial charge is 0.262 e. The third-order valence-corrected chi connectivity index (χ3v) is 6.09. The number of nitrogens with zero attached hydrogens (tertiary/aromatic N) is 1. The summed E-state index contributed by atoms with van der Waals surface area (Å²) in [6.45, 7) is 0.389. The van der Waals surface area contributed by atoms with E-state index in [9.17, 15) is 14.4 Å². The number of rotatable bonds is 8. The van der Waals surface area contributed by atoms with E-state index >= 15 is 0 Å². The second-order valence-corrected chi connectivity index (χ2v) is 8.52. The Morgan fingerprint density at radius 2 is 1.33 bits per heavy atom. The second kappa shape index (κ2) is 9.79. The van der Waals surface area contributed by atoms with Gasteiger partial charge >= 0.3 is 0 Å². The lowest BCUT2D eigenvalue weighted by molar-refractivity contribution is -0.890. The lowest BCUT2D eigenvalue weighted by Gasteiger charge is -2.27. The number of hydrogen-bond donors (Lipinski definition) is 2. The summed E-state index contributed by atoms with van der Waals surface area (Å²) in [5, 5.41) is 3.02. The molecule has 0 saturated heterocycles. The first-order valence-electron chi connectivity index (χ1n) is 11.1. The molecule has 3 amide bonds. The predicted octanol–water partition coefficient (Wildman–Crippen LogP) is 1.90. The van der Waals surface area contributed by atoms with Gasteiger partial charge < -0.3 is 10.2 Å². The Balaban J connectivity index is 1.59. The van der Waals surface area contributed by atoms with E-state index in [0.29, 0.717) is 17.7 Å². The van der Waals surface area contributed by atoms with Crippen molar-refractivity contribution >= 4 is 17.7 Å². The number of imide groups is 1. The molecule has 4 rings (SSSR count). The summed E-state index contributed by atoms with van der Waals surface area (Å²) < 4.78 is 0. The maximum Gasteiger partial charge on any atom is 0.262 e. The van der Waals surface area contributed by atoms with Gasteiger partial charge in [0.05, 0.1) is 31.8 Å². The third kappa shape index (κ3) is 4.71. The van der Waals surface area contributed by atoms with E-state index < -0.39 is 17.9 Å². The molecule has 0 fully saturated rings. The third-order valence-electron chi connectivity index (χ3n) is 6.09. The van der Waals surface area contributed by atoms with Crippen molar-refractivity contribution < 1.29 is 19.3 Å². The van der Waals surface area contributed by atoms with E-state index in [1.54, 1.807) is 24.3 Å². The molecular formula is C27H28N3O3+. The maximum atomic E-state index is 13.5. The van der Waals surface area contributed by atoms with Crippen molar-refractivity contribution in [2.75, 3.05) is 20.6 Å². The van der Waals surface area contributed by atoms with Gasteiger partial charge in [-0.2, -0.15) is 0 Å². The van der Waals surface area contributed by atoms with Crippen LogP contribution in [0.25, 0.3) is 0 Å². The van der Waals surface area contributed by atoms with E-state index in [1.807, 2.05) is 74.8 Å². The van der Waals surface area contributed by atoms with Gasteiger partial charge in [-0.1, -0.05) is 72.8 Å². The molecule has 0 aromatic heterocycles. The maximum absolute atomic E-state index is 13.5. The summed E-state index contributed by atoms with van der Waals surface area (Å²) >= 11 is 0. The highest BCUT2D eigenvalue weighted by atomic mass is 16.2. The average Bonchev–Trinajstić information content (AvgIpc) is 3.09. The fourth-order valence-corrected chi connectivity index (χ4v) is 4.29. The topological polar surface area (TPSA) is 70.9 Å². The first kappa shape index (κ1) is 22.4. The van der Waals surface area contributed by atoms with E-state index in [4.69, 9.17) is 0 Å². The van der Waals surface area contributed by atoms with Crippen molar-refractivity contribution in [1.29, 1.82) is 0 Å². The Morgan fingerprint density at radius 3 is 1.88 bits per heavy atom. The summed E-state index contributed by atoms with van der Waals surface area (Å²) in [5.74, 6) is -1.19. The molecule has 0 saturated carbocycles. The van der Waals surface area contributed by atoms with Gasteiger partial charge in [-0.3, -0.25) is 19.3 Å². The quantitative estimate of drug-likeness (QED) is 0.524. The van der Waals surface area contributed by atoms with Crippen molar-refractivity contribution in [3.05, 3.63) is 107 Å². The SMILES string of the molecule is C[NH+](C)[C@H](CNC(=O)[C@@H](Cc1ccccc1)N1C(=O)c2ccccc2C1=O)c1ccccc1. The number of carbonyl (C=O) groups is 3. The monoisotopic (exact) mass is 442 g/mol. The van der Waals surface area contributed by atoms with Gasteiger partial charge in [0.25, 0.3) is 11.8 Å². The number of likely N-dealkylation sites (N-methyl/N-ethyl adjacent to an activating group) is 1. The molecule has 0 aliphatic carbocycles. The molecule has 2 N–H and O–H groups in total. The first-order valence-corrected chi connectivity index (χ1v) is 11.1. The van der Waals surface area contributed by atoms with Crippen molar-refractivity contribution in [3.8, 4) is 0 Å². The van der Waals surface area contributed by atoms with Gasteiger partial charge in [0.2, 0.25) is 5.91 Å². The Bertz CT molecular complexity index is 1110. The van der Waals surface area contributed by atoms with E-state index in [2.05, 4.69) is 5.32 Å². The Hall–Kier alpha value is -3.77. The molecule has 0 spiro atoms. The van der Waals surface area contributed by atoms with Crippen LogP contribution in [0, 0.1) is 0 Å². The minimum atomic E-state index is -0.937. The molecular weight excluding hydrogens is 414 g/mol. The van der Waals surface area contributed by atoms with E-state index in [-0.39, 0.29) is 18.4 Å². The molecule has 3 aromatic rings. The zero-order valence-corrected chi connectivity index (χ0v) is 18.8. The summed E-state index contributed by atoms with van der Waals surface area (Å²) in [4.78, 5) is 42.0. The summed E-state index contributed by atoms with van der Waals surface area (Å²) in [6.07, 6.45) is 0.253. The molecule has 0 unspecified atom stereocenters. The number of hydrogen-bond acceptors (Lipinski definition) is 3. The van der Waals surface area contributed by atoms with Crippen LogP contribution in [0.15, 0.2) is 84.9 Å². The second-order valence-electron chi connectivity index (χ2n) is 8.52. The van der Waals surface area contributed by atoms with Gasteiger partial charge in [-0.25, -0.2) is 0 Å². The number of benzene rings is 3. The number of fused-ring (bicyclic) bond motifs is 1. The normalized spacial score (nSPS) is 14.8. The van der Waals surface area contributed by atoms with Gasteiger partial charge in [-0.15, -0.1) is 0 Å². The average molecular weight is 443 g/mol. The molecule has 1 aliphatic rings. The Kier molecular flexibility index (Phi) is 6.66. The fraction of sp³-hybridized carbons (Fsp3) is 0.222. The molecule has 0 bridgehead atoms. The van der Waals surface area contributed by atoms with Crippen molar-refractivity contribution in [1.82, 2.24) is 10.2 Å². The number of amides is 3. The van der Waals surface area contributed by atoms with Crippen LogP contribution in [-0.4, -0.2) is 49.3 Å². The standard InChI is InChI=1S/C27H27N3O3/c1-29(2)24(20-13-7-4-8-14-20)18-28-25(31)23(17-19-11-5-3-6-12-19)30-26(32)21-15-9-10-16-22(21)27(30)33/h3-16,23-24H,17-18H2,1-2H3,(H,28,31)/p+1/t23-,24-/m1/s1. The highest BCUT2D eigenvalue weighted by Gasteiger charge is 2.42. The van der Waals surface area contributed by atoms with Crippen molar-refractivity contribution in [3.63, 3.8) is 0 Å². The van der Waals surface area contributed by atoms with Crippen LogP contribution >= 0.6 is 0 Å². The summed E-state index contributed by atoms with van der Waals surface area (Å²) in [5.41, 5.74) is 2.67. The van der Waals surface area contributed by atoms with Gasteiger partial charge in [0, 0.05) is 12.0 Å². The molecule has 33 heavy (non-hydrogen) atoms. The molecule has 3 aromatic carbocycles. The number of quaternary nitrogens is 1. The number of carbonyl (C=O) groups excluding carboxylic acids is 3. The Labute approximate surface area is 193 Å². The van der Waals surface area contributed by atoms with Gasteiger partial charge in [-0.05, 0) is 17.7 Å². The van der Waals surface area contributed by atoms with Crippen LogP contribution in [0.2, 0.25) is 0 Å². The zero-order chi connectivity index (χ0) is 23.4. The van der Waals surface area contributed by atoms with Gasteiger partial charge in [0.15, 0.2) is 0 Å². The predicted molar refractivity (Wildman–Crippen MR) is 126 cm³/mol. The molecule has 2 atom stereocenters. The van der Waals surface area contributed by atoms with Crippen LogP contribution in [-0.2, 0) is 11.2 Å². The first-order chi connectivity index (χ1) is 16.0. The van der Waals surface area contributed by atoms with E-state index in [0.717, 1.165) is 16.0 Å². The van der Waals surface area contributed by atoms with E-state index in [1.165, 1.54) is 4.90 Å². The highest BCUT2D eigenvalue weighted by molar-refractivity contribution is 6.22. The highest BCUT2D eigenvalue weighted by Crippen LogP contribution is 2.26. The molecule has 6 nitrogen and oxygen atoms in total. The lowest BCUT2D eigenvalue weighted by Crippen LogP contribution is -3.07. The molecule has 168 valence electrons. The number of nitrogens with one attached hydrogen (secondary N) is 2. The Morgan fingerprint density at radius 1 is 0.818 bits per heavy atom. The van der Waals surface area contributed by atoms with Crippen LogP contribution in [0.3, 0.4) is 0 Å². The van der Waals surface area contributed by atoms with Crippen molar-refractivity contribution in [2.45, 2.75) is 18.5 Å². The van der Waals surface area contributed by atoms with Gasteiger partial charge in [0.1, 0.15) is 12.1 Å². The lowest BCUT2D eigenvalue weighted by atomic mass is 10.0. The summed E-state index contributed by atoms with van der Waals surface area (Å²) in [6, 6.07) is 25.3.